The van der Waals surface area contributed by atoms with Crippen LogP contribution in [0.5, 0.6) is 0 Å². The first-order valence-corrected chi connectivity index (χ1v) is 6.94. The highest BCUT2D eigenvalue weighted by Crippen LogP contribution is 2.10. The Balaban J connectivity index is 1.70. The maximum Gasteiger partial charge on any atom is 0.228 e. The van der Waals surface area contributed by atoms with Crippen LogP contribution in [0.3, 0.4) is 0 Å². The summed E-state index contributed by atoms with van der Waals surface area (Å²) in [5, 5.41) is 3.17. The molecule has 2 aromatic rings. The molecule has 1 aromatic heterocycles. The van der Waals surface area contributed by atoms with Crippen molar-refractivity contribution < 1.29 is 4.39 Å². The van der Waals surface area contributed by atoms with Crippen LogP contribution in [-0.2, 0) is 6.42 Å². The van der Waals surface area contributed by atoms with E-state index < -0.39 is 0 Å². The van der Waals surface area contributed by atoms with Gasteiger partial charge in [0.2, 0.25) is 16.5 Å². The molecule has 0 atom stereocenters. The SMILES string of the molecule is Fc1ccc(CCCCNc2nc(Cl)nc(Cl)n2)cc1. The molecule has 0 aliphatic carbocycles. The zero-order valence-electron chi connectivity index (χ0n) is 10.6. The minimum atomic E-state index is -0.209. The summed E-state index contributed by atoms with van der Waals surface area (Å²) >= 11 is 11.3. The van der Waals surface area contributed by atoms with Gasteiger partial charge in [0.05, 0.1) is 0 Å². The van der Waals surface area contributed by atoms with Crippen molar-refractivity contribution in [3.63, 3.8) is 0 Å². The van der Waals surface area contributed by atoms with Gasteiger partial charge in [-0.1, -0.05) is 12.1 Å². The van der Waals surface area contributed by atoms with Gasteiger partial charge in [0.15, 0.2) is 0 Å². The van der Waals surface area contributed by atoms with Gasteiger partial charge in [0, 0.05) is 6.54 Å². The summed E-state index contributed by atoms with van der Waals surface area (Å²) in [4.78, 5) is 11.5. The number of aromatic nitrogens is 3. The number of anilines is 1. The molecule has 4 nitrogen and oxygen atoms in total. The van der Waals surface area contributed by atoms with Gasteiger partial charge < -0.3 is 5.32 Å². The lowest BCUT2D eigenvalue weighted by atomic mass is 10.1. The Hall–Kier alpha value is -1.46. The van der Waals surface area contributed by atoms with Crippen LogP contribution in [0.2, 0.25) is 10.6 Å². The van der Waals surface area contributed by atoms with Crippen LogP contribution in [0, 0.1) is 5.82 Å². The topological polar surface area (TPSA) is 50.7 Å². The summed E-state index contributed by atoms with van der Waals surface area (Å²) in [6, 6.07) is 6.55. The minimum Gasteiger partial charge on any atom is -0.354 e. The Bertz CT molecular complexity index is 543. The van der Waals surface area contributed by atoms with E-state index in [1.54, 1.807) is 12.1 Å². The monoisotopic (exact) mass is 314 g/mol. The summed E-state index contributed by atoms with van der Waals surface area (Å²) in [5.41, 5.74) is 1.12. The number of benzene rings is 1. The second-order valence-electron chi connectivity index (χ2n) is 4.21. The molecule has 0 aliphatic rings. The smallest absolute Gasteiger partial charge is 0.228 e. The maximum absolute atomic E-state index is 12.7. The van der Waals surface area contributed by atoms with Crippen LogP contribution in [0.25, 0.3) is 0 Å². The van der Waals surface area contributed by atoms with E-state index in [0.29, 0.717) is 12.5 Å². The van der Waals surface area contributed by atoms with Crippen molar-refractivity contribution in [3.05, 3.63) is 46.2 Å². The van der Waals surface area contributed by atoms with Crippen molar-refractivity contribution in [2.24, 2.45) is 0 Å². The highest BCUT2D eigenvalue weighted by Gasteiger charge is 2.02. The van der Waals surface area contributed by atoms with E-state index in [2.05, 4.69) is 20.3 Å². The molecule has 2 rings (SSSR count). The quantitative estimate of drug-likeness (QED) is 0.825. The zero-order valence-corrected chi connectivity index (χ0v) is 12.1. The molecule has 0 fully saturated rings. The van der Waals surface area contributed by atoms with Crippen molar-refractivity contribution in [2.45, 2.75) is 19.3 Å². The van der Waals surface area contributed by atoms with Crippen LogP contribution >= 0.6 is 23.2 Å². The van der Waals surface area contributed by atoms with Crippen LogP contribution < -0.4 is 5.32 Å². The lowest BCUT2D eigenvalue weighted by Crippen LogP contribution is -2.06. The van der Waals surface area contributed by atoms with Gasteiger partial charge >= 0.3 is 0 Å². The summed E-state index contributed by atoms with van der Waals surface area (Å²) in [6.07, 6.45) is 2.81. The fourth-order valence-electron chi connectivity index (χ4n) is 1.71. The molecule has 1 aromatic carbocycles. The fourth-order valence-corrected chi connectivity index (χ4v) is 2.07. The number of aryl methyl sites for hydroxylation is 1. The highest BCUT2D eigenvalue weighted by atomic mass is 35.5. The van der Waals surface area contributed by atoms with Gasteiger partial charge in [-0.3, -0.25) is 0 Å². The van der Waals surface area contributed by atoms with Crippen LogP contribution in [0.4, 0.5) is 10.3 Å². The molecule has 0 unspecified atom stereocenters. The van der Waals surface area contributed by atoms with Gasteiger partial charge in [-0.05, 0) is 60.2 Å². The largest absolute Gasteiger partial charge is 0.354 e. The molecular formula is C13H13Cl2FN4. The molecule has 106 valence electrons. The van der Waals surface area contributed by atoms with Crippen molar-refractivity contribution in [2.75, 3.05) is 11.9 Å². The number of halogens is 3. The van der Waals surface area contributed by atoms with E-state index in [1.165, 1.54) is 12.1 Å². The van der Waals surface area contributed by atoms with Crippen LogP contribution in [-0.4, -0.2) is 21.5 Å². The second-order valence-corrected chi connectivity index (χ2v) is 4.88. The predicted octanol–water partition coefficient (Wildman–Crippen LogP) is 3.75. The molecule has 0 saturated heterocycles. The Kier molecular flexibility index (Phi) is 5.49. The summed E-state index contributed by atoms with van der Waals surface area (Å²) in [5.74, 6) is 0.163. The highest BCUT2D eigenvalue weighted by molar-refractivity contribution is 6.31. The van der Waals surface area contributed by atoms with Crippen LogP contribution in [0.1, 0.15) is 18.4 Å². The normalized spacial score (nSPS) is 10.6. The Morgan fingerprint density at radius 1 is 0.950 bits per heavy atom. The number of unbranched alkanes of at least 4 members (excludes halogenated alkanes) is 1. The van der Waals surface area contributed by atoms with E-state index >= 15 is 0 Å². The molecule has 0 aliphatic heterocycles. The summed E-state index contributed by atoms with van der Waals surface area (Å²) in [7, 11) is 0. The fraction of sp³-hybridized carbons (Fsp3) is 0.308. The number of hydrogen-bond donors (Lipinski definition) is 1. The predicted molar refractivity (Wildman–Crippen MR) is 77.7 cm³/mol. The summed E-state index contributed by atoms with van der Waals surface area (Å²) < 4.78 is 12.7. The van der Waals surface area contributed by atoms with Gasteiger partial charge in [-0.2, -0.15) is 15.0 Å². The first kappa shape index (κ1) is 14.9. The molecule has 20 heavy (non-hydrogen) atoms. The molecule has 0 saturated carbocycles. The molecule has 0 radical (unpaired) electrons. The number of nitrogens with zero attached hydrogens (tertiary/aromatic N) is 3. The van der Waals surface area contributed by atoms with Gasteiger partial charge in [-0.15, -0.1) is 0 Å². The Morgan fingerprint density at radius 2 is 1.60 bits per heavy atom. The number of rotatable bonds is 6. The first-order valence-electron chi connectivity index (χ1n) is 6.19. The van der Waals surface area contributed by atoms with E-state index in [-0.39, 0.29) is 16.4 Å². The maximum atomic E-state index is 12.7. The molecule has 7 heteroatoms. The second kappa shape index (κ2) is 7.36. The van der Waals surface area contributed by atoms with Crippen molar-refractivity contribution in [1.82, 2.24) is 15.0 Å². The van der Waals surface area contributed by atoms with E-state index in [9.17, 15) is 4.39 Å². The molecule has 0 amide bonds. The average Bonchev–Trinajstić information content (AvgIpc) is 2.39. The van der Waals surface area contributed by atoms with Gasteiger partial charge in [-0.25, -0.2) is 4.39 Å². The molecular weight excluding hydrogens is 302 g/mol. The van der Waals surface area contributed by atoms with E-state index in [0.717, 1.165) is 24.8 Å². The minimum absolute atomic E-state index is 0.0683. The van der Waals surface area contributed by atoms with Crippen molar-refractivity contribution >= 4 is 29.2 Å². The average molecular weight is 315 g/mol. The van der Waals surface area contributed by atoms with Crippen LogP contribution in [0.15, 0.2) is 24.3 Å². The van der Waals surface area contributed by atoms with Crippen molar-refractivity contribution in [1.29, 1.82) is 0 Å². The number of nitrogens with one attached hydrogen (secondary N) is 1. The summed E-state index contributed by atoms with van der Waals surface area (Å²) in [6.45, 7) is 0.706. The van der Waals surface area contributed by atoms with E-state index in [1.807, 2.05) is 0 Å². The Labute approximate surface area is 126 Å². The van der Waals surface area contributed by atoms with E-state index in [4.69, 9.17) is 23.2 Å². The first-order chi connectivity index (χ1) is 9.63. The molecule has 1 heterocycles. The third kappa shape index (κ3) is 4.90. The Morgan fingerprint density at radius 3 is 2.25 bits per heavy atom. The lowest BCUT2D eigenvalue weighted by molar-refractivity contribution is 0.626. The number of hydrogen-bond acceptors (Lipinski definition) is 4. The zero-order chi connectivity index (χ0) is 14.4. The van der Waals surface area contributed by atoms with Crippen molar-refractivity contribution in [3.8, 4) is 0 Å². The van der Waals surface area contributed by atoms with Gasteiger partial charge in [0.25, 0.3) is 0 Å². The molecule has 0 spiro atoms. The lowest BCUT2D eigenvalue weighted by Gasteiger charge is -2.05. The molecule has 1 N–H and O–H groups in total. The standard InChI is InChI=1S/C13H13Cl2FN4/c14-11-18-12(15)20-13(19-11)17-8-2-1-3-9-4-6-10(16)7-5-9/h4-7H,1-3,8H2,(H,17,18,19,20). The van der Waals surface area contributed by atoms with Gasteiger partial charge in [0.1, 0.15) is 5.82 Å². The third-order valence-electron chi connectivity index (χ3n) is 2.67. The molecule has 0 bridgehead atoms. The third-order valence-corrected chi connectivity index (χ3v) is 3.01.